The van der Waals surface area contributed by atoms with E-state index in [9.17, 15) is 8.78 Å². The van der Waals surface area contributed by atoms with Gasteiger partial charge in [-0.15, -0.1) is 0 Å². The van der Waals surface area contributed by atoms with Crippen LogP contribution in [-0.2, 0) is 11.3 Å². The largest absolute Gasteiger partial charge is 0.377 e. The average Bonchev–Trinajstić information content (AvgIpc) is 2.59. The lowest BCUT2D eigenvalue weighted by atomic mass is 9.94. The van der Waals surface area contributed by atoms with Crippen LogP contribution in [0.15, 0.2) is 18.2 Å². The highest BCUT2D eigenvalue weighted by atomic mass is 19.1. The SMILES string of the molecule is CC1OCCC1(C)NCc1ccc(F)cc1F. The topological polar surface area (TPSA) is 21.3 Å². The smallest absolute Gasteiger partial charge is 0.130 e. The first-order chi connectivity index (χ1) is 8.01. The molecular formula is C13H17F2NO. The second-order valence-electron chi connectivity index (χ2n) is 4.77. The normalized spacial score (nSPS) is 28.6. The maximum absolute atomic E-state index is 13.4. The molecule has 0 spiro atoms. The van der Waals surface area contributed by atoms with Gasteiger partial charge in [0.15, 0.2) is 0 Å². The van der Waals surface area contributed by atoms with Crippen LogP contribution in [0, 0.1) is 11.6 Å². The Balaban J connectivity index is 2.02. The number of benzene rings is 1. The molecule has 1 N–H and O–H groups in total. The minimum atomic E-state index is -0.546. The number of halogens is 2. The van der Waals surface area contributed by atoms with Crippen LogP contribution < -0.4 is 5.32 Å². The molecule has 1 fully saturated rings. The zero-order valence-corrected chi connectivity index (χ0v) is 10.1. The van der Waals surface area contributed by atoms with Crippen LogP contribution in [0.1, 0.15) is 25.8 Å². The molecule has 4 heteroatoms. The van der Waals surface area contributed by atoms with Crippen LogP contribution in [0.3, 0.4) is 0 Å². The number of hydrogen-bond acceptors (Lipinski definition) is 2. The first kappa shape index (κ1) is 12.5. The molecule has 0 bridgehead atoms. The van der Waals surface area contributed by atoms with Crippen molar-refractivity contribution in [1.82, 2.24) is 5.32 Å². The number of ether oxygens (including phenoxy) is 1. The van der Waals surface area contributed by atoms with Gasteiger partial charge in [-0.05, 0) is 26.3 Å². The van der Waals surface area contributed by atoms with E-state index >= 15 is 0 Å². The van der Waals surface area contributed by atoms with Gasteiger partial charge in [-0.1, -0.05) is 6.07 Å². The lowest BCUT2D eigenvalue weighted by molar-refractivity contribution is 0.0880. The Bertz CT molecular complexity index is 410. The van der Waals surface area contributed by atoms with E-state index in [1.54, 1.807) is 0 Å². The van der Waals surface area contributed by atoms with Crippen LogP contribution in [0.5, 0.6) is 0 Å². The molecule has 0 saturated carbocycles. The van der Waals surface area contributed by atoms with Gasteiger partial charge in [-0.25, -0.2) is 8.78 Å². The minimum Gasteiger partial charge on any atom is -0.377 e. The van der Waals surface area contributed by atoms with E-state index < -0.39 is 11.6 Å². The fourth-order valence-corrected chi connectivity index (χ4v) is 2.03. The maximum atomic E-state index is 13.4. The van der Waals surface area contributed by atoms with Gasteiger partial charge in [0.05, 0.1) is 6.10 Å². The second kappa shape index (κ2) is 4.70. The summed E-state index contributed by atoms with van der Waals surface area (Å²) in [7, 11) is 0. The van der Waals surface area contributed by atoms with Crippen molar-refractivity contribution in [3.05, 3.63) is 35.4 Å². The van der Waals surface area contributed by atoms with E-state index in [1.807, 2.05) is 6.92 Å². The van der Waals surface area contributed by atoms with Gasteiger partial charge >= 0.3 is 0 Å². The van der Waals surface area contributed by atoms with E-state index in [1.165, 1.54) is 12.1 Å². The summed E-state index contributed by atoms with van der Waals surface area (Å²) in [5, 5.41) is 3.30. The molecule has 0 radical (unpaired) electrons. The highest BCUT2D eigenvalue weighted by molar-refractivity contribution is 5.18. The second-order valence-corrected chi connectivity index (χ2v) is 4.77. The Hall–Kier alpha value is -1.00. The summed E-state index contributed by atoms with van der Waals surface area (Å²) in [5.41, 5.74) is 0.340. The summed E-state index contributed by atoms with van der Waals surface area (Å²) < 4.78 is 31.7. The minimum absolute atomic E-state index is 0.103. The standard InChI is InChI=1S/C13H17F2NO/c1-9-13(2,5-6-17-9)16-8-10-3-4-11(14)7-12(10)15/h3-4,7,9,16H,5-6,8H2,1-2H3. The van der Waals surface area contributed by atoms with Gasteiger partial charge in [0, 0.05) is 30.3 Å². The molecule has 0 aromatic heterocycles. The van der Waals surface area contributed by atoms with Crippen LogP contribution in [0.2, 0.25) is 0 Å². The third-order valence-corrected chi connectivity index (χ3v) is 3.58. The van der Waals surface area contributed by atoms with Crippen LogP contribution in [0.25, 0.3) is 0 Å². The summed E-state index contributed by atoms with van der Waals surface area (Å²) in [6, 6.07) is 3.66. The Morgan fingerprint density at radius 1 is 1.47 bits per heavy atom. The Kier molecular flexibility index (Phi) is 3.45. The van der Waals surface area contributed by atoms with E-state index in [4.69, 9.17) is 4.74 Å². The van der Waals surface area contributed by atoms with Crippen molar-refractivity contribution in [2.24, 2.45) is 0 Å². The molecule has 94 valence electrons. The molecule has 1 aliphatic rings. The van der Waals surface area contributed by atoms with Crippen molar-refractivity contribution in [1.29, 1.82) is 0 Å². The van der Waals surface area contributed by atoms with Gasteiger partial charge in [0.25, 0.3) is 0 Å². The predicted octanol–water partition coefficient (Wildman–Crippen LogP) is 2.62. The maximum Gasteiger partial charge on any atom is 0.130 e. The molecule has 1 aromatic carbocycles. The first-order valence-corrected chi connectivity index (χ1v) is 5.82. The Morgan fingerprint density at radius 3 is 2.82 bits per heavy atom. The summed E-state index contributed by atoms with van der Waals surface area (Å²) in [6.07, 6.45) is 1.00. The van der Waals surface area contributed by atoms with Crippen molar-refractivity contribution in [2.75, 3.05) is 6.61 Å². The molecule has 17 heavy (non-hydrogen) atoms. The fourth-order valence-electron chi connectivity index (χ4n) is 2.03. The molecular weight excluding hydrogens is 224 g/mol. The van der Waals surface area contributed by atoms with Gasteiger partial charge in [0.2, 0.25) is 0 Å². The predicted molar refractivity (Wildman–Crippen MR) is 61.6 cm³/mol. The summed E-state index contributed by atoms with van der Waals surface area (Å²) in [6.45, 7) is 5.17. The van der Waals surface area contributed by atoms with Gasteiger partial charge in [-0.3, -0.25) is 0 Å². The molecule has 2 atom stereocenters. The fraction of sp³-hybridized carbons (Fsp3) is 0.538. The van der Waals surface area contributed by atoms with Crippen molar-refractivity contribution >= 4 is 0 Å². The summed E-state index contributed by atoms with van der Waals surface area (Å²) >= 11 is 0. The molecule has 1 aliphatic heterocycles. The highest BCUT2D eigenvalue weighted by Gasteiger charge is 2.36. The lowest BCUT2D eigenvalue weighted by Gasteiger charge is -2.29. The molecule has 1 saturated heterocycles. The summed E-state index contributed by atoms with van der Waals surface area (Å²) in [4.78, 5) is 0. The number of rotatable bonds is 3. The molecule has 2 nitrogen and oxygen atoms in total. The average molecular weight is 241 g/mol. The molecule has 1 aromatic rings. The van der Waals surface area contributed by atoms with Gasteiger partial charge in [-0.2, -0.15) is 0 Å². The zero-order chi connectivity index (χ0) is 12.5. The molecule has 2 rings (SSSR count). The molecule has 0 aliphatic carbocycles. The van der Waals surface area contributed by atoms with E-state index in [2.05, 4.69) is 12.2 Å². The first-order valence-electron chi connectivity index (χ1n) is 5.82. The summed E-state index contributed by atoms with van der Waals surface area (Å²) in [5.74, 6) is -1.05. The van der Waals surface area contributed by atoms with Crippen LogP contribution in [-0.4, -0.2) is 18.2 Å². The van der Waals surface area contributed by atoms with Crippen molar-refractivity contribution in [3.63, 3.8) is 0 Å². The highest BCUT2D eigenvalue weighted by Crippen LogP contribution is 2.25. The molecule has 0 amide bonds. The van der Waals surface area contributed by atoms with Gasteiger partial charge < -0.3 is 10.1 Å². The van der Waals surface area contributed by atoms with Crippen molar-refractivity contribution < 1.29 is 13.5 Å². The third-order valence-electron chi connectivity index (χ3n) is 3.58. The van der Waals surface area contributed by atoms with Crippen molar-refractivity contribution in [3.8, 4) is 0 Å². The van der Waals surface area contributed by atoms with E-state index in [0.717, 1.165) is 19.1 Å². The van der Waals surface area contributed by atoms with Crippen LogP contribution >= 0.6 is 0 Å². The van der Waals surface area contributed by atoms with Crippen molar-refractivity contribution in [2.45, 2.75) is 38.5 Å². The number of nitrogens with one attached hydrogen (secondary N) is 1. The number of hydrogen-bond donors (Lipinski definition) is 1. The quantitative estimate of drug-likeness (QED) is 0.878. The molecule has 1 heterocycles. The van der Waals surface area contributed by atoms with E-state index in [0.29, 0.717) is 12.1 Å². The van der Waals surface area contributed by atoms with Crippen LogP contribution in [0.4, 0.5) is 8.78 Å². The Labute approximate surface area is 100.0 Å². The molecule has 2 unspecified atom stereocenters. The Morgan fingerprint density at radius 2 is 2.24 bits per heavy atom. The zero-order valence-electron chi connectivity index (χ0n) is 10.1. The van der Waals surface area contributed by atoms with E-state index in [-0.39, 0.29) is 11.6 Å². The lowest BCUT2D eigenvalue weighted by Crippen LogP contribution is -2.47. The van der Waals surface area contributed by atoms with Gasteiger partial charge in [0.1, 0.15) is 11.6 Å². The third kappa shape index (κ3) is 2.64. The monoisotopic (exact) mass is 241 g/mol.